The van der Waals surface area contributed by atoms with Crippen LogP contribution in [0, 0.1) is 5.41 Å². The van der Waals surface area contributed by atoms with Crippen molar-refractivity contribution in [2.24, 2.45) is 22.0 Å². The molecule has 2 aliphatic rings. The van der Waals surface area contributed by atoms with Crippen LogP contribution in [0.25, 0.3) is 0 Å². The van der Waals surface area contributed by atoms with Crippen molar-refractivity contribution < 1.29 is 19.5 Å². The standard InChI is InChI=1S/C10H16N4O4/c11-7(15)6-5-18-4-3-14(6)9(16)10(1-2-10)8(12)13-17/h6,17H,1-5H2,(H2,11,15)(H2,12,13). The van der Waals surface area contributed by atoms with Gasteiger partial charge in [-0.25, -0.2) is 0 Å². The largest absolute Gasteiger partial charge is 0.409 e. The molecule has 1 atom stereocenters. The quantitative estimate of drug-likeness (QED) is 0.238. The molecule has 100 valence electrons. The van der Waals surface area contributed by atoms with Crippen LogP contribution in [0.3, 0.4) is 0 Å². The third-order valence-electron chi connectivity index (χ3n) is 3.48. The van der Waals surface area contributed by atoms with Gasteiger partial charge in [0.2, 0.25) is 11.8 Å². The molecule has 0 aromatic carbocycles. The third-order valence-corrected chi connectivity index (χ3v) is 3.48. The molecule has 8 nitrogen and oxygen atoms in total. The molecule has 0 radical (unpaired) electrons. The lowest BCUT2D eigenvalue weighted by atomic mass is 10.0. The Kier molecular flexibility index (Phi) is 3.12. The van der Waals surface area contributed by atoms with Crippen molar-refractivity contribution in [3.05, 3.63) is 0 Å². The highest BCUT2D eigenvalue weighted by Crippen LogP contribution is 2.47. The Balaban J connectivity index is 2.19. The second-order valence-corrected chi connectivity index (χ2v) is 4.56. The summed E-state index contributed by atoms with van der Waals surface area (Å²) in [5.41, 5.74) is 9.83. The Bertz CT molecular complexity index is 405. The van der Waals surface area contributed by atoms with Gasteiger partial charge in [-0.3, -0.25) is 9.59 Å². The van der Waals surface area contributed by atoms with Gasteiger partial charge in [0.15, 0.2) is 5.84 Å². The minimum Gasteiger partial charge on any atom is -0.409 e. The van der Waals surface area contributed by atoms with Crippen LogP contribution in [0.5, 0.6) is 0 Å². The van der Waals surface area contributed by atoms with Gasteiger partial charge < -0.3 is 26.3 Å². The highest BCUT2D eigenvalue weighted by Gasteiger charge is 2.57. The number of hydrogen-bond donors (Lipinski definition) is 3. The summed E-state index contributed by atoms with van der Waals surface area (Å²) < 4.78 is 5.14. The first-order valence-electron chi connectivity index (χ1n) is 5.69. The Labute approximate surface area is 104 Å². The number of amides is 2. The molecule has 0 aromatic heterocycles. The summed E-state index contributed by atoms with van der Waals surface area (Å²) in [4.78, 5) is 25.1. The number of oxime groups is 1. The van der Waals surface area contributed by atoms with Crippen molar-refractivity contribution in [1.82, 2.24) is 4.90 Å². The average Bonchev–Trinajstić information content (AvgIpc) is 3.18. The zero-order valence-corrected chi connectivity index (χ0v) is 9.83. The van der Waals surface area contributed by atoms with Crippen LogP contribution in [-0.2, 0) is 14.3 Å². The molecule has 1 saturated carbocycles. The highest BCUT2D eigenvalue weighted by molar-refractivity contribution is 6.10. The number of hydrogen-bond acceptors (Lipinski definition) is 5. The number of carbonyl (C=O) groups excluding carboxylic acids is 2. The Hall–Kier alpha value is -1.83. The first-order valence-corrected chi connectivity index (χ1v) is 5.69. The van der Waals surface area contributed by atoms with Crippen molar-refractivity contribution in [1.29, 1.82) is 0 Å². The SMILES string of the molecule is NC(=O)C1COCCN1C(=O)C1(C(N)=NO)CC1. The van der Waals surface area contributed by atoms with Crippen molar-refractivity contribution in [3.8, 4) is 0 Å². The summed E-state index contributed by atoms with van der Waals surface area (Å²) in [7, 11) is 0. The predicted octanol–water partition coefficient (Wildman–Crippen LogP) is -1.77. The normalized spacial score (nSPS) is 26.8. The summed E-state index contributed by atoms with van der Waals surface area (Å²) in [6.45, 7) is 0.724. The maximum absolute atomic E-state index is 12.4. The van der Waals surface area contributed by atoms with E-state index in [2.05, 4.69) is 5.16 Å². The summed E-state index contributed by atoms with van der Waals surface area (Å²) in [5, 5.41) is 11.6. The fraction of sp³-hybridized carbons (Fsp3) is 0.700. The lowest BCUT2D eigenvalue weighted by Gasteiger charge is -2.35. The van der Waals surface area contributed by atoms with Gasteiger partial charge in [-0.1, -0.05) is 5.16 Å². The molecule has 2 rings (SSSR count). The van der Waals surface area contributed by atoms with Gasteiger partial charge in [0.05, 0.1) is 13.2 Å². The number of carbonyl (C=O) groups is 2. The lowest BCUT2D eigenvalue weighted by Crippen LogP contribution is -2.58. The van der Waals surface area contributed by atoms with Gasteiger partial charge >= 0.3 is 0 Å². The number of primary amides is 1. The van der Waals surface area contributed by atoms with E-state index in [9.17, 15) is 9.59 Å². The lowest BCUT2D eigenvalue weighted by molar-refractivity contribution is -0.149. The molecule has 0 aromatic rings. The maximum atomic E-state index is 12.4. The van der Waals surface area contributed by atoms with E-state index in [0.717, 1.165) is 0 Å². The zero-order chi connectivity index (χ0) is 13.3. The van der Waals surface area contributed by atoms with Gasteiger partial charge in [0, 0.05) is 6.54 Å². The first kappa shape index (κ1) is 12.6. The Morgan fingerprint density at radius 1 is 1.39 bits per heavy atom. The molecule has 5 N–H and O–H groups in total. The second kappa shape index (κ2) is 4.45. The second-order valence-electron chi connectivity index (χ2n) is 4.56. The number of nitrogens with two attached hydrogens (primary N) is 2. The molecule has 1 saturated heterocycles. The van der Waals surface area contributed by atoms with Crippen LogP contribution in [0.4, 0.5) is 0 Å². The van der Waals surface area contributed by atoms with Crippen LogP contribution in [0.2, 0.25) is 0 Å². The van der Waals surface area contributed by atoms with E-state index in [0.29, 0.717) is 19.4 Å². The number of amidine groups is 1. The van der Waals surface area contributed by atoms with Crippen molar-refractivity contribution >= 4 is 17.6 Å². The average molecular weight is 256 g/mol. The number of nitrogens with zero attached hydrogens (tertiary/aromatic N) is 2. The zero-order valence-electron chi connectivity index (χ0n) is 9.83. The molecule has 1 aliphatic heterocycles. The van der Waals surface area contributed by atoms with Gasteiger partial charge in [0.1, 0.15) is 11.5 Å². The van der Waals surface area contributed by atoms with E-state index in [-0.39, 0.29) is 24.9 Å². The molecule has 8 heteroatoms. The monoisotopic (exact) mass is 256 g/mol. The number of rotatable bonds is 3. The Morgan fingerprint density at radius 3 is 2.56 bits per heavy atom. The fourth-order valence-corrected chi connectivity index (χ4v) is 2.16. The number of morpholine rings is 1. The van der Waals surface area contributed by atoms with Crippen LogP contribution >= 0.6 is 0 Å². The summed E-state index contributed by atoms with van der Waals surface area (Å²) >= 11 is 0. The van der Waals surface area contributed by atoms with Gasteiger partial charge in [-0.15, -0.1) is 0 Å². The minimum atomic E-state index is -0.959. The van der Waals surface area contributed by atoms with E-state index in [1.807, 2.05) is 0 Å². The Morgan fingerprint density at radius 2 is 2.06 bits per heavy atom. The smallest absolute Gasteiger partial charge is 0.242 e. The third kappa shape index (κ3) is 1.88. The maximum Gasteiger partial charge on any atom is 0.242 e. The van der Waals surface area contributed by atoms with Crippen LogP contribution in [-0.4, -0.2) is 53.6 Å². The molecular weight excluding hydrogens is 240 g/mol. The van der Waals surface area contributed by atoms with Gasteiger partial charge in [0.25, 0.3) is 0 Å². The van der Waals surface area contributed by atoms with E-state index in [1.165, 1.54) is 4.90 Å². The minimum absolute atomic E-state index is 0.0906. The van der Waals surface area contributed by atoms with E-state index >= 15 is 0 Å². The van der Waals surface area contributed by atoms with Gasteiger partial charge in [-0.05, 0) is 12.8 Å². The van der Waals surface area contributed by atoms with Gasteiger partial charge in [-0.2, -0.15) is 0 Å². The first-order chi connectivity index (χ1) is 8.53. The molecule has 0 bridgehead atoms. The van der Waals surface area contributed by atoms with E-state index < -0.39 is 17.4 Å². The molecule has 2 amide bonds. The van der Waals surface area contributed by atoms with E-state index in [1.54, 1.807) is 0 Å². The molecule has 1 heterocycles. The van der Waals surface area contributed by atoms with Crippen LogP contribution < -0.4 is 11.5 Å². The van der Waals surface area contributed by atoms with E-state index in [4.69, 9.17) is 21.4 Å². The molecule has 1 unspecified atom stereocenters. The molecule has 0 spiro atoms. The highest BCUT2D eigenvalue weighted by atomic mass is 16.5. The summed E-state index contributed by atoms with van der Waals surface area (Å²) in [6.07, 6.45) is 1.04. The topological polar surface area (TPSA) is 131 Å². The van der Waals surface area contributed by atoms with Crippen LogP contribution in [0.1, 0.15) is 12.8 Å². The molecule has 1 aliphatic carbocycles. The van der Waals surface area contributed by atoms with Crippen molar-refractivity contribution in [3.63, 3.8) is 0 Å². The van der Waals surface area contributed by atoms with Crippen molar-refractivity contribution in [2.45, 2.75) is 18.9 Å². The van der Waals surface area contributed by atoms with Crippen molar-refractivity contribution in [2.75, 3.05) is 19.8 Å². The molecular formula is C10H16N4O4. The number of ether oxygens (including phenoxy) is 1. The summed E-state index contributed by atoms with van der Waals surface area (Å²) in [5.74, 6) is -1.04. The molecule has 18 heavy (non-hydrogen) atoms. The molecule has 2 fully saturated rings. The summed E-state index contributed by atoms with van der Waals surface area (Å²) in [6, 6.07) is -0.782. The van der Waals surface area contributed by atoms with Crippen LogP contribution in [0.15, 0.2) is 5.16 Å². The predicted molar refractivity (Wildman–Crippen MR) is 60.6 cm³/mol. The fourth-order valence-electron chi connectivity index (χ4n) is 2.16.